The minimum Gasteiger partial charge on any atom is -0.379 e. The smallest absolute Gasteiger partial charge is 0.259 e. The highest BCUT2D eigenvalue weighted by Gasteiger charge is 2.37. The van der Waals surface area contributed by atoms with E-state index in [0.717, 1.165) is 13.1 Å². The molecule has 3 heterocycles. The van der Waals surface area contributed by atoms with Gasteiger partial charge in [0.1, 0.15) is 4.60 Å². The lowest BCUT2D eigenvalue weighted by molar-refractivity contribution is 0.0117. The van der Waals surface area contributed by atoms with Crippen molar-refractivity contribution in [2.75, 3.05) is 39.5 Å². The molecule has 2 fully saturated rings. The normalized spacial score (nSPS) is 28.0. The fraction of sp³-hybridized carbons (Fsp3) is 0.727. The number of aromatic nitrogens is 2. The van der Waals surface area contributed by atoms with E-state index >= 15 is 0 Å². The van der Waals surface area contributed by atoms with Crippen molar-refractivity contribution in [1.82, 2.24) is 19.6 Å². The van der Waals surface area contributed by atoms with Gasteiger partial charge in [-0.1, -0.05) is 0 Å². The number of nitrogens with one attached hydrogen (secondary N) is 2. The molecular formula is C11H17BrN4O4S. The van der Waals surface area contributed by atoms with E-state index in [0.29, 0.717) is 26.4 Å². The molecule has 0 bridgehead atoms. The summed E-state index contributed by atoms with van der Waals surface area (Å²) in [6.07, 6.45) is 1.34. The molecule has 0 unspecified atom stereocenters. The van der Waals surface area contributed by atoms with Gasteiger partial charge in [0.15, 0.2) is 5.03 Å². The first-order chi connectivity index (χ1) is 10.1. The summed E-state index contributed by atoms with van der Waals surface area (Å²) < 4.78 is 38.6. The molecule has 1 aromatic heterocycles. The summed E-state index contributed by atoms with van der Waals surface area (Å²) in [5.74, 6) is 0. The van der Waals surface area contributed by atoms with Gasteiger partial charge in [-0.05, 0) is 15.9 Å². The second-order valence-electron chi connectivity index (χ2n) is 5.00. The lowest BCUT2D eigenvalue weighted by atomic mass is 10.1. The Morgan fingerprint density at radius 3 is 2.76 bits per heavy atom. The number of ether oxygens (including phenoxy) is 2. The number of halogens is 1. The highest BCUT2D eigenvalue weighted by Crippen LogP contribution is 2.20. The minimum atomic E-state index is -3.66. The van der Waals surface area contributed by atoms with Crippen LogP contribution in [0.2, 0.25) is 0 Å². The topological polar surface area (TPSA) is 96.5 Å². The molecule has 2 atom stereocenters. The van der Waals surface area contributed by atoms with E-state index < -0.39 is 10.0 Å². The van der Waals surface area contributed by atoms with Crippen LogP contribution < -0.4 is 4.72 Å². The third-order valence-electron chi connectivity index (χ3n) is 3.70. The maximum absolute atomic E-state index is 12.4. The molecule has 21 heavy (non-hydrogen) atoms. The average molecular weight is 381 g/mol. The van der Waals surface area contributed by atoms with Crippen LogP contribution in [0.25, 0.3) is 0 Å². The monoisotopic (exact) mass is 380 g/mol. The first-order valence-corrected chi connectivity index (χ1v) is 8.96. The molecule has 0 aromatic carbocycles. The van der Waals surface area contributed by atoms with E-state index in [1.54, 1.807) is 0 Å². The predicted octanol–water partition coefficient (Wildman–Crippen LogP) is -0.450. The van der Waals surface area contributed by atoms with Crippen molar-refractivity contribution in [3.63, 3.8) is 0 Å². The number of aromatic amines is 1. The molecule has 0 radical (unpaired) electrons. The Kier molecular flexibility index (Phi) is 4.62. The summed E-state index contributed by atoms with van der Waals surface area (Å²) >= 11 is 3.12. The minimum absolute atomic E-state index is 0.0328. The number of rotatable bonds is 4. The number of hydrogen-bond acceptors (Lipinski definition) is 6. The number of sulfonamides is 1. The van der Waals surface area contributed by atoms with Gasteiger partial charge in [0.25, 0.3) is 10.0 Å². The summed E-state index contributed by atoms with van der Waals surface area (Å²) in [6, 6.07) is -0.242. The average Bonchev–Trinajstić information content (AvgIpc) is 3.08. The van der Waals surface area contributed by atoms with Crippen molar-refractivity contribution in [3.8, 4) is 0 Å². The maximum atomic E-state index is 12.4. The molecule has 8 nitrogen and oxygen atoms in total. The Balaban J connectivity index is 1.72. The standard InChI is InChI=1S/C11H17BrN4O4S/c12-10-11(14-7-13-10)21(17,18)15-8-5-20-6-9(8)16-1-3-19-4-2-16/h7-9,15H,1-6H2,(H,13,14)/t8-,9-/m1/s1. The van der Waals surface area contributed by atoms with Gasteiger partial charge in [-0.25, -0.2) is 18.1 Å². The molecular weight excluding hydrogens is 364 g/mol. The SMILES string of the molecule is O=S(=O)(N[C@@H]1COC[C@H]1N1CCOCC1)c1[nH]cnc1Br. The molecule has 3 rings (SSSR count). The zero-order valence-corrected chi connectivity index (χ0v) is 13.7. The quantitative estimate of drug-likeness (QED) is 0.734. The fourth-order valence-corrected chi connectivity index (χ4v) is 4.72. The molecule has 10 heteroatoms. The summed E-state index contributed by atoms with van der Waals surface area (Å²) in [6.45, 7) is 3.81. The van der Waals surface area contributed by atoms with Crippen molar-refractivity contribution < 1.29 is 17.9 Å². The van der Waals surface area contributed by atoms with Crippen LogP contribution >= 0.6 is 15.9 Å². The largest absolute Gasteiger partial charge is 0.379 e. The van der Waals surface area contributed by atoms with Crippen LogP contribution in [-0.4, -0.2) is 74.9 Å². The molecule has 0 amide bonds. The second kappa shape index (κ2) is 6.31. The Hall–Kier alpha value is -0.520. The lowest BCUT2D eigenvalue weighted by Crippen LogP contribution is -2.54. The van der Waals surface area contributed by atoms with Gasteiger partial charge < -0.3 is 14.5 Å². The number of imidazole rings is 1. The van der Waals surface area contributed by atoms with Crippen molar-refractivity contribution >= 4 is 26.0 Å². The first kappa shape index (κ1) is 15.4. The van der Waals surface area contributed by atoms with Crippen LogP contribution in [0.5, 0.6) is 0 Å². The first-order valence-electron chi connectivity index (χ1n) is 6.68. The van der Waals surface area contributed by atoms with Gasteiger partial charge in [0.05, 0.1) is 44.8 Å². The van der Waals surface area contributed by atoms with E-state index in [4.69, 9.17) is 9.47 Å². The Morgan fingerprint density at radius 2 is 2.10 bits per heavy atom. The molecule has 0 saturated carbocycles. The summed E-state index contributed by atoms with van der Waals surface area (Å²) in [4.78, 5) is 8.70. The summed E-state index contributed by atoms with van der Waals surface area (Å²) in [5, 5.41) is 0.0372. The van der Waals surface area contributed by atoms with Crippen LogP contribution in [-0.2, 0) is 19.5 Å². The highest BCUT2D eigenvalue weighted by atomic mass is 79.9. The number of H-pyrrole nitrogens is 1. The second-order valence-corrected chi connectivity index (χ2v) is 7.41. The van der Waals surface area contributed by atoms with Crippen LogP contribution in [0.1, 0.15) is 0 Å². The number of nitrogens with zero attached hydrogens (tertiary/aromatic N) is 2. The summed E-state index contributed by atoms with van der Waals surface area (Å²) in [7, 11) is -3.66. The van der Waals surface area contributed by atoms with Gasteiger partial charge >= 0.3 is 0 Å². The van der Waals surface area contributed by atoms with E-state index in [1.165, 1.54) is 6.33 Å². The van der Waals surface area contributed by atoms with Gasteiger partial charge in [0.2, 0.25) is 0 Å². The van der Waals surface area contributed by atoms with Gasteiger partial charge in [-0.15, -0.1) is 0 Å². The van der Waals surface area contributed by atoms with Crippen molar-refractivity contribution in [2.24, 2.45) is 0 Å². The van der Waals surface area contributed by atoms with E-state index in [2.05, 4.69) is 35.5 Å². The molecule has 2 saturated heterocycles. The molecule has 0 spiro atoms. The maximum Gasteiger partial charge on any atom is 0.259 e. The highest BCUT2D eigenvalue weighted by molar-refractivity contribution is 9.10. The lowest BCUT2D eigenvalue weighted by Gasteiger charge is -2.34. The van der Waals surface area contributed by atoms with Crippen molar-refractivity contribution in [2.45, 2.75) is 17.1 Å². The van der Waals surface area contributed by atoms with Crippen LogP contribution in [0.3, 0.4) is 0 Å². The van der Waals surface area contributed by atoms with Crippen LogP contribution in [0.4, 0.5) is 0 Å². The van der Waals surface area contributed by atoms with Gasteiger partial charge in [-0.2, -0.15) is 0 Å². The molecule has 2 aliphatic heterocycles. The molecule has 1 aromatic rings. The van der Waals surface area contributed by atoms with Crippen molar-refractivity contribution in [3.05, 3.63) is 10.9 Å². The molecule has 0 aliphatic carbocycles. The molecule has 2 aliphatic rings. The van der Waals surface area contributed by atoms with Gasteiger partial charge in [0, 0.05) is 13.1 Å². The van der Waals surface area contributed by atoms with E-state index in [1.807, 2.05) is 0 Å². The van der Waals surface area contributed by atoms with Crippen LogP contribution in [0, 0.1) is 0 Å². The Bertz CT molecular complexity index is 587. The Morgan fingerprint density at radius 1 is 1.33 bits per heavy atom. The van der Waals surface area contributed by atoms with Crippen LogP contribution in [0.15, 0.2) is 16.0 Å². The third kappa shape index (κ3) is 3.30. The van der Waals surface area contributed by atoms with E-state index in [-0.39, 0.29) is 21.7 Å². The fourth-order valence-electron chi connectivity index (χ4n) is 2.64. The molecule has 118 valence electrons. The zero-order valence-electron chi connectivity index (χ0n) is 11.3. The van der Waals surface area contributed by atoms with Crippen molar-refractivity contribution in [1.29, 1.82) is 0 Å². The predicted molar refractivity (Wildman–Crippen MR) is 77.4 cm³/mol. The number of hydrogen-bond donors (Lipinski definition) is 2. The third-order valence-corrected chi connectivity index (χ3v) is 6.03. The number of morpholine rings is 1. The Labute approximate surface area is 131 Å². The summed E-state index contributed by atoms with van der Waals surface area (Å²) in [5.41, 5.74) is 0. The zero-order chi connectivity index (χ0) is 14.9. The molecule has 2 N–H and O–H groups in total. The van der Waals surface area contributed by atoms with Gasteiger partial charge in [-0.3, -0.25) is 4.90 Å². The van der Waals surface area contributed by atoms with E-state index in [9.17, 15) is 8.42 Å².